The number of primary amides is 1. The van der Waals surface area contributed by atoms with Crippen LogP contribution in [0.3, 0.4) is 0 Å². The predicted molar refractivity (Wildman–Crippen MR) is 274 cm³/mol. The average Bonchev–Trinajstić information content (AvgIpc) is 3.31. The number of carbonyl (C=O) groups excluding carboxylic acids is 2. The van der Waals surface area contributed by atoms with Crippen LogP contribution in [0.15, 0.2) is 130 Å². The van der Waals surface area contributed by atoms with Gasteiger partial charge in [0.15, 0.2) is 8.32 Å². The molecule has 2 amide bonds. The Kier molecular flexibility index (Phi) is 14.7. The predicted octanol–water partition coefficient (Wildman–Crippen LogP) is 9.51. The molecule has 7 N–H and O–H groups in total. The third kappa shape index (κ3) is 11.4. The van der Waals surface area contributed by atoms with Crippen molar-refractivity contribution in [3.8, 4) is 23.3 Å². The van der Waals surface area contributed by atoms with Crippen LogP contribution in [0, 0.1) is 18.8 Å². The van der Waals surface area contributed by atoms with E-state index in [2.05, 4.69) is 71.6 Å². The van der Waals surface area contributed by atoms with Gasteiger partial charge in [0.05, 0.1) is 45.3 Å². The van der Waals surface area contributed by atoms with E-state index in [4.69, 9.17) is 14.9 Å². The molecule has 2 heterocycles. The highest BCUT2D eigenvalue weighted by atomic mass is 32.2. The highest BCUT2D eigenvalue weighted by Crippen LogP contribution is 2.41. The summed E-state index contributed by atoms with van der Waals surface area (Å²) in [6, 6.07) is 29.5. The van der Waals surface area contributed by atoms with Crippen LogP contribution in [-0.2, 0) is 14.3 Å². The van der Waals surface area contributed by atoms with Crippen molar-refractivity contribution in [2.24, 2.45) is 5.73 Å². The smallest absolute Gasteiger partial charge is 0.255 e. The van der Waals surface area contributed by atoms with Gasteiger partial charge in [-0.05, 0) is 128 Å². The van der Waals surface area contributed by atoms with E-state index < -0.39 is 30.0 Å². The summed E-state index contributed by atoms with van der Waals surface area (Å²) < 4.78 is 40.7. The molecule has 0 aliphatic rings. The Hall–Kier alpha value is -7.29. The van der Waals surface area contributed by atoms with Gasteiger partial charge in [-0.15, -0.1) is 0 Å². The van der Waals surface area contributed by atoms with E-state index >= 15 is 0 Å². The number of aromatic hydroxyl groups is 1. The van der Waals surface area contributed by atoms with Gasteiger partial charge in [0.25, 0.3) is 11.8 Å². The van der Waals surface area contributed by atoms with Crippen molar-refractivity contribution in [3.05, 3.63) is 154 Å². The summed E-state index contributed by atoms with van der Waals surface area (Å²) in [7, 11) is -4.87. The number of carbonyl (C=O) groups is 2. The molecule has 1 atom stereocenters. The standard InChI is InChI=1S/C53H56N6O8SSi/c1-33-27-40(30-43-48(33)56-31-44(51(54)62)49(43)57-37-15-12-16-38(29-37)66-5)68(64,65)39-17-11-14-35(28-39)52(63)58-36-20-18-34(19-21-36)13-9-8-10-26-55-32-46(67-69(6,7)53(2,3)4)41-22-24-45(60)50-42(41)23-25-47(61)59-50/h11-12,14-25,27-31,46,55,60H,8,10,26,32H2,1-7H3,(H2,54,62)(H,56,57)(H,58,63)(H,59,61)/t46-/m0/s1. The lowest BCUT2D eigenvalue weighted by atomic mass is 10.0. The van der Waals surface area contributed by atoms with Crippen LogP contribution in [-0.4, -0.2) is 63.8 Å². The number of amides is 2. The van der Waals surface area contributed by atoms with Crippen LogP contribution in [0.5, 0.6) is 11.5 Å². The molecule has 0 saturated carbocycles. The molecule has 0 radical (unpaired) electrons. The van der Waals surface area contributed by atoms with Crippen LogP contribution in [0.1, 0.15) is 77.1 Å². The van der Waals surface area contributed by atoms with Crippen molar-refractivity contribution in [1.29, 1.82) is 0 Å². The minimum atomic E-state index is -4.19. The summed E-state index contributed by atoms with van der Waals surface area (Å²) in [4.78, 5) is 45.2. The molecule has 7 aromatic rings. The second kappa shape index (κ2) is 20.5. The van der Waals surface area contributed by atoms with Gasteiger partial charge in [0.1, 0.15) is 11.5 Å². The normalized spacial score (nSPS) is 12.3. The molecule has 0 spiro atoms. The van der Waals surface area contributed by atoms with E-state index in [9.17, 15) is 27.9 Å². The number of fused-ring (bicyclic) bond motifs is 2. The Morgan fingerprint density at radius 1 is 0.913 bits per heavy atom. The molecular weight excluding hydrogens is 909 g/mol. The number of hydrogen-bond acceptors (Lipinski definition) is 11. The number of rotatable bonds is 16. The molecule has 7 rings (SSSR count). The zero-order valence-electron chi connectivity index (χ0n) is 39.6. The number of sulfone groups is 1. The van der Waals surface area contributed by atoms with Crippen molar-refractivity contribution in [3.63, 3.8) is 0 Å². The number of phenolic OH excluding ortho intramolecular Hbond substituents is 1. The van der Waals surface area contributed by atoms with Crippen molar-refractivity contribution < 1.29 is 32.3 Å². The number of anilines is 3. The summed E-state index contributed by atoms with van der Waals surface area (Å²) in [5.41, 5.74) is 10.1. The Labute approximate surface area is 402 Å². The number of nitrogens with zero attached hydrogens (tertiary/aromatic N) is 1. The molecule has 0 saturated heterocycles. The van der Waals surface area contributed by atoms with E-state index in [1.54, 1.807) is 67.6 Å². The monoisotopic (exact) mass is 964 g/mol. The average molecular weight is 965 g/mol. The van der Waals surface area contributed by atoms with Gasteiger partial charge in [0.2, 0.25) is 15.4 Å². The fraction of sp³-hybridized carbons (Fsp3) is 0.245. The Morgan fingerprint density at radius 2 is 1.67 bits per heavy atom. The molecule has 0 aliphatic carbocycles. The van der Waals surface area contributed by atoms with E-state index in [0.717, 1.165) is 22.9 Å². The van der Waals surface area contributed by atoms with Gasteiger partial charge in [-0.2, -0.15) is 0 Å². The van der Waals surface area contributed by atoms with Gasteiger partial charge in [-0.25, -0.2) is 8.42 Å². The number of methoxy groups -OCH3 is 1. The molecule has 69 heavy (non-hydrogen) atoms. The van der Waals surface area contributed by atoms with Gasteiger partial charge >= 0.3 is 0 Å². The Balaban J connectivity index is 0.986. The second-order valence-electron chi connectivity index (χ2n) is 18.2. The zero-order valence-corrected chi connectivity index (χ0v) is 41.4. The Bertz CT molecular complexity index is 3320. The van der Waals surface area contributed by atoms with Crippen LogP contribution in [0.2, 0.25) is 18.1 Å². The zero-order chi connectivity index (χ0) is 49.7. The minimum absolute atomic E-state index is 0.00649. The summed E-state index contributed by atoms with van der Waals surface area (Å²) in [5, 5.41) is 21.2. The largest absolute Gasteiger partial charge is 0.506 e. The lowest BCUT2D eigenvalue weighted by Crippen LogP contribution is -2.43. The molecule has 0 aliphatic heterocycles. The van der Waals surface area contributed by atoms with Crippen LogP contribution < -0.4 is 32.0 Å². The SMILES string of the molecule is COc1cccc(Nc2c(C(N)=O)cnc3c(C)cc(S(=O)(=O)c4cccc(C(=O)Nc5ccc(C#CCCCNC[C@H](O[Si](C)(C)C(C)(C)C)c6ccc(O)c7[nH]c(=O)ccc67)cc5)c4)cc23)c1. The molecule has 14 nitrogen and oxygen atoms in total. The topological polar surface area (TPSA) is 215 Å². The van der Waals surface area contributed by atoms with E-state index in [1.165, 1.54) is 55.8 Å². The number of phenols is 1. The highest BCUT2D eigenvalue weighted by Gasteiger charge is 2.40. The number of nitrogens with one attached hydrogen (secondary N) is 4. The van der Waals surface area contributed by atoms with Crippen LogP contribution >= 0.6 is 0 Å². The van der Waals surface area contributed by atoms with Gasteiger partial charge in [-0.3, -0.25) is 19.4 Å². The first-order chi connectivity index (χ1) is 32.7. The van der Waals surface area contributed by atoms with Gasteiger partial charge < -0.3 is 40.9 Å². The number of benzene rings is 5. The maximum absolute atomic E-state index is 14.2. The second-order valence-corrected chi connectivity index (χ2v) is 24.9. The molecule has 5 aromatic carbocycles. The van der Waals surface area contributed by atoms with Gasteiger partial charge in [-0.1, -0.05) is 50.8 Å². The summed E-state index contributed by atoms with van der Waals surface area (Å²) in [5.74, 6) is 5.73. The summed E-state index contributed by atoms with van der Waals surface area (Å²) >= 11 is 0. The number of aromatic nitrogens is 2. The molecular formula is C53H56N6O8SSi. The lowest BCUT2D eigenvalue weighted by molar-refractivity contribution is 0.0998. The first-order valence-corrected chi connectivity index (χ1v) is 26.8. The number of ether oxygens (including phenoxy) is 1. The number of hydrogen-bond donors (Lipinski definition) is 6. The van der Waals surface area contributed by atoms with E-state index in [-0.39, 0.29) is 49.1 Å². The molecule has 16 heteroatoms. The van der Waals surface area contributed by atoms with Crippen molar-refractivity contribution >= 4 is 68.8 Å². The van der Waals surface area contributed by atoms with Crippen molar-refractivity contribution in [1.82, 2.24) is 15.3 Å². The number of nitrogens with two attached hydrogens (primary N) is 1. The number of aromatic amines is 1. The number of aryl methyl sites for hydroxylation is 1. The van der Waals surface area contributed by atoms with Crippen molar-refractivity contribution in [2.75, 3.05) is 30.8 Å². The Morgan fingerprint density at radius 3 is 2.39 bits per heavy atom. The summed E-state index contributed by atoms with van der Waals surface area (Å²) in [6.07, 6.45) is 2.46. The molecule has 0 unspecified atom stereocenters. The molecule has 0 fully saturated rings. The third-order valence-electron chi connectivity index (χ3n) is 12.3. The summed E-state index contributed by atoms with van der Waals surface area (Å²) in [6.45, 7) is 13.9. The maximum atomic E-state index is 14.2. The number of H-pyrrole nitrogens is 1. The first-order valence-electron chi connectivity index (χ1n) is 22.4. The molecule has 0 bridgehead atoms. The quantitative estimate of drug-likeness (QED) is 0.0305. The van der Waals surface area contributed by atoms with E-state index in [1.807, 2.05) is 6.07 Å². The van der Waals surface area contributed by atoms with Gasteiger partial charge in [0, 0.05) is 64.6 Å². The molecule has 356 valence electrons. The van der Waals surface area contributed by atoms with Crippen LogP contribution in [0.4, 0.5) is 17.1 Å². The lowest BCUT2D eigenvalue weighted by Gasteiger charge is -2.39. The minimum Gasteiger partial charge on any atom is -0.506 e. The first kappa shape index (κ1) is 49.6. The third-order valence-corrected chi connectivity index (χ3v) is 18.5. The maximum Gasteiger partial charge on any atom is 0.255 e. The van der Waals surface area contributed by atoms with Crippen molar-refractivity contribution in [2.45, 2.75) is 74.6 Å². The number of pyridine rings is 2. The van der Waals surface area contributed by atoms with E-state index in [0.29, 0.717) is 58.6 Å². The fourth-order valence-electron chi connectivity index (χ4n) is 7.54. The van der Waals surface area contributed by atoms with Crippen LogP contribution in [0.25, 0.3) is 21.8 Å². The molecule has 2 aromatic heterocycles. The fourth-order valence-corrected chi connectivity index (χ4v) is 10.2. The highest BCUT2D eigenvalue weighted by molar-refractivity contribution is 7.91. The number of unbranched alkanes of at least 4 members (excludes halogenated alkanes) is 1.